The molecule has 0 radical (unpaired) electrons. The Morgan fingerprint density at radius 1 is 1.21 bits per heavy atom. The van der Waals surface area contributed by atoms with Crippen LogP contribution in [-0.4, -0.2) is 6.54 Å². The lowest BCUT2D eigenvalue weighted by molar-refractivity contribution is 0.301. The molecule has 1 unspecified atom stereocenters. The molecule has 1 aromatic carbocycles. The van der Waals surface area contributed by atoms with Gasteiger partial charge in [0, 0.05) is 15.0 Å². The molecular formula is C16H23Br2N. The first-order chi connectivity index (χ1) is 9.20. The summed E-state index contributed by atoms with van der Waals surface area (Å²) < 4.78 is 2.35. The highest BCUT2D eigenvalue weighted by Gasteiger charge is 2.21. The molecular weight excluding hydrogens is 366 g/mol. The Morgan fingerprint density at radius 2 is 1.95 bits per heavy atom. The van der Waals surface area contributed by atoms with Gasteiger partial charge in [-0.05, 0) is 36.6 Å². The average molecular weight is 389 g/mol. The summed E-state index contributed by atoms with van der Waals surface area (Å²) in [5, 5.41) is 3.66. The highest BCUT2D eigenvalue weighted by atomic mass is 79.9. The molecule has 1 saturated carbocycles. The third-order valence-electron chi connectivity index (χ3n) is 4.08. The van der Waals surface area contributed by atoms with Crippen LogP contribution in [0, 0.1) is 5.92 Å². The second-order valence-corrected chi connectivity index (χ2v) is 7.29. The number of nitrogens with one attached hydrogen (secondary N) is 1. The summed E-state index contributed by atoms with van der Waals surface area (Å²) in [6.45, 7) is 3.22. The second-order valence-electron chi connectivity index (χ2n) is 5.52. The Kier molecular flexibility index (Phi) is 6.37. The molecule has 0 amide bonds. The Balaban J connectivity index is 2.09. The Morgan fingerprint density at radius 3 is 2.58 bits per heavy atom. The summed E-state index contributed by atoms with van der Waals surface area (Å²) in [7, 11) is 0. The summed E-state index contributed by atoms with van der Waals surface area (Å²) in [6, 6.07) is 7.02. The molecule has 106 valence electrons. The van der Waals surface area contributed by atoms with Crippen LogP contribution in [0.2, 0.25) is 0 Å². The average Bonchev–Trinajstić information content (AvgIpc) is 2.39. The van der Waals surface area contributed by atoms with E-state index in [2.05, 4.69) is 62.3 Å². The van der Waals surface area contributed by atoms with E-state index in [4.69, 9.17) is 0 Å². The topological polar surface area (TPSA) is 12.0 Å². The van der Waals surface area contributed by atoms with Gasteiger partial charge in [-0.1, -0.05) is 77.0 Å². The maximum Gasteiger partial charge on any atom is 0.0333 e. The molecule has 1 nitrogen and oxygen atoms in total. The minimum absolute atomic E-state index is 0.482. The van der Waals surface area contributed by atoms with E-state index in [0.29, 0.717) is 6.04 Å². The molecule has 1 N–H and O–H groups in total. The van der Waals surface area contributed by atoms with Gasteiger partial charge in [-0.2, -0.15) is 0 Å². The van der Waals surface area contributed by atoms with Crippen LogP contribution in [0.25, 0.3) is 0 Å². The molecule has 0 aromatic heterocycles. The van der Waals surface area contributed by atoms with Crippen LogP contribution in [0.15, 0.2) is 27.1 Å². The van der Waals surface area contributed by atoms with Gasteiger partial charge in [0.2, 0.25) is 0 Å². The normalized spacial score (nSPS) is 18.5. The highest BCUT2D eigenvalue weighted by Crippen LogP contribution is 2.35. The summed E-state index contributed by atoms with van der Waals surface area (Å²) in [4.78, 5) is 0. The van der Waals surface area contributed by atoms with Crippen molar-refractivity contribution in [3.8, 4) is 0 Å². The molecule has 0 bridgehead atoms. The largest absolute Gasteiger partial charge is 0.310 e. The van der Waals surface area contributed by atoms with Crippen LogP contribution in [0.4, 0.5) is 0 Å². The molecule has 1 aliphatic rings. The Hall–Kier alpha value is 0.140. The van der Waals surface area contributed by atoms with E-state index in [-0.39, 0.29) is 0 Å². The number of halogens is 2. The fraction of sp³-hybridized carbons (Fsp3) is 0.625. The molecule has 3 heteroatoms. The first-order valence-electron chi connectivity index (χ1n) is 7.39. The van der Waals surface area contributed by atoms with Crippen molar-refractivity contribution in [2.24, 2.45) is 5.92 Å². The molecule has 0 saturated heterocycles. The quantitative estimate of drug-likeness (QED) is 0.668. The number of benzene rings is 1. The van der Waals surface area contributed by atoms with E-state index in [0.717, 1.165) is 16.9 Å². The van der Waals surface area contributed by atoms with Gasteiger partial charge in [0.15, 0.2) is 0 Å². The van der Waals surface area contributed by atoms with Crippen molar-refractivity contribution >= 4 is 31.9 Å². The minimum Gasteiger partial charge on any atom is -0.310 e. The van der Waals surface area contributed by atoms with Crippen LogP contribution >= 0.6 is 31.9 Å². The minimum atomic E-state index is 0.482. The number of rotatable bonds is 5. The van der Waals surface area contributed by atoms with Crippen LogP contribution in [0.3, 0.4) is 0 Å². The lowest BCUT2D eigenvalue weighted by Crippen LogP contribution is -2.24. The van der Waals surface area contributed by atoms with Crippen molar-refractivity contribution in [1.29, 1.82) is 0 Å². The van der Waals surface area contributed by atoms with E-state index in [1.807, 2.05) is 0 Å². The van der Waals surface area contributed by atoms with Gasteiger partial charge >= 0.3 is 0 Å². The maximum absolute atomic E-state index is 3.71. The molecule has 1 fully saturated rings. The summed E-state index contributed by atoms with van der Waals surface area (Å²) in [6.07, 6.45) is 8.38. The predicted octanol–water partition coefficient (Wildman–Crippen LogP) is 5.83. The lowest BCUT2D eigenvalue weighted by atomic mass is 9.83. The van der Waals surface area contributed by atoms with E-state index in [1.165, 1.54) is 48.6 Å². The van der Waals surface area contributed by atoms with Gasteiger partial charge in [0.25, 0.3) is 0 Å². The first kappa shape index (κ1) is 15.5. The third-order valence-corrected chi connectivity index (χ3v) is 5.26. The highest BCUT2D eigenvalue weighted by molar-refractivity contribution is 9.11. The van der Waals surface area contributed by atoms with E-state index in [1.54, 1.807) is 0 Å². The lowest BCUT2D eigenvalue weighted by Gasteiger charge is -2.28. The molecule has 2 rings (SSSR count). The zero-order chi connectivity index (χ0) is 13.7. The van der Waals surface area contributed by atoms with Crippen molar-refractivity contribution in [3.05, 3.63) is 32.7 Å². The molecule has 1 aliphatic carbocycles. The summed E-state index contributed by atoms with van der Waals surface area (Å²) in [5.74, 6) is 0.897. The fourth-order valence-electron chi connectivity index (χ4n) is 3.11. The third kappa shape index (κ3) is 4.57. The van der Waals surface area contributed by atoms with E-state index >= 15 is 0 Å². The van der Waals surface area contributed by atoms with Gasteiger partial charge in [0.1, 0.15) is 0 Å². The SMILES string of the molecule is CCNC(CC1CCCCC1)c1ccc(Br)cc1Br. The van der Waals surface area contributed by atoms with Crippen molar-refractivity contribution in [3.63, 3.8) is 0 Å². The molecule has 0 aliphatic heterocycles. The summed E-state index contributed by atoms with van der Waals surface area (Å²) in [5.41, 5.74) is 1.40. The van der Waals surface area contributed by atoms with Gasteiger partial charge in [-0.3, -0.25) is 0 Å². The maximum atomic E-state index is 3.71. The smallest absolute Gasteiger partial charge is 0.0333 e. The Labute approximate surface area is 133 Å². The van der Waals surface area contributed by atoms with Crippen molar-refractivity contribution in [2.45, 2.75) is 51.5 Å². The monoisotopic (exact) mass is 387 g/mol. The number of hydrogen-bond donors (Lipinski definition) is 1. The van der Waals surface area contributed by atoms with Crippen LogP contribution in [0.1, 0.15) is 57.1 Å². The van der Waals surface area contributed by atoms with Gasteiger partial charge < -0.3 is 5.32 Å². The van der Waals surface area contributed by atoms with Gasteiger partial charge in [0.05, 0.1) is 0 Å². The van der Waals surface area contributed by atoms with Crippen LogP contribution in [-0.2, 0) is 0 Å². The molecule has 1 aromatic rings. The van der Waals surface area contributed by atoms with Crippen molar-refractivity contribution in [1.82, 2.24) is 5.32 Å². The van der Waals surface area contributed by atoms with Crippen molar-refractivity contribution in [2.75, 3.05) is 6.54 Å². The van der Waals surface area contributed by atoms with E-state index < -0.39 is 0 Å². The Bertz CT molecular complexity index is 400. The fourth-order valence-corrected chi connectivity index (χ4v) is 4.43. The predicted molar refractivity (Wildman–Crippen MR) is 89.5 cm³/mol. The molecule has 0 spiro atoms. The van der Waals surface area contributed by atoms with Gasteiger partial charge in [-0.25, -0.2) is 0 Å². The zero-order valence-corrected chi connectivity index (χ0v) is 14.8. The molecule has 0 heterocycles. The van der Waals surface area contributed by atoms with E-state index in [9.17, 15) is 0 Å². The van der Waals surface area contributed by atoms with Crippen LogP contribution < -0.4 is 5.32 Å². The van der Waals surface area contributed by atoms with Crippen molar-refractivity contribution < 1.29 is 0 Å². The second kappa shape index (κ2) is 7.80. The standard InChI is InChI=1S/C16H23Br2N/c1-2-19-16(10-12-6-4-3-5-7-12)14-9-8-13(17)11-15(14)18/h8-9,11-12,16,19H,2-7,10H2,1H3. The van der Waals surface area contributed by atoms with Gasteiger partial charge in [-0.15, -0.1) is 0 Å². The zero-order valence-electron chi connectivity index (χ0n) is 11.6. The number of hydrogen-bond acceptors (Lipinski definition) is 1. The van der Waals surface area contributed by atoms with Crippen LogP contribution in [0.5, 0.6) is 0 Å². The molecule has 1 atom stereocenters. The summed E-state index contributed by atoms with van der Waals surface area (Å²) >= 11 is 7.25. The first-order valence-corrected chi connectivity index (χ1v) is 8.97. The molecule has 19 heavy (non-hydrogen) atoms.